The zero-order valence-electron chi connectivity index (χ0n) is 72.2. The lowest BCUT2D eigenvalue weighted by atomic mass is 9.97. The number of Topliss-reactive ketones (excluding diaryl/α,β-unsaturated/α-hetero) is 1. The molecule has 2 aromatic rings. The van der Waals surface area contributed by atoms with E-state index in [4.69, 9.17) is 56.8 Å². The van der Waals surface area contributed by atoms with E-state index in [-0.39, 0.29) is 158 Å². The van der Waals surface area contributed by atoms with Crippen LogP contribution in [0.5, 0.6) is 0 Å². The van der Waals surface area contributed by atoms with Crippen molar-refractivity contribution in [3.05, 3.63) is 58.7 Å². The minimum Gasteiger partial charge on any atom is -0.394 e. The Morgan fingerprint density at radius 1 is 0.331 bits per heavy atom. The summed E-state index contributed by atoms with van der Waals surface area (Å²) in [4.78, 5) is 182. The molecule has 0 aliphatic carbocycles. The number of carbonyl (C=O) groups excluding carboxylic acids is 14. The molecule has 4 aliphatic heterocycles. The van der Waals surface area contributed by atoms with Gasteiger partial charge in [0.2, 0.25) is 53.2 Å². The van der Waals surface area contributed by atoms with Crippen LogP contribution in [-0.2, 0) is 105 Å². The summed E-state index contributed by atoms with van der Waals surface area (Å²) in [5.41, 5.74) is -1.03. The Balaban J connectivity index is 1.07. The van der Waals surface area contributed by atoms with Crippen molar-refractivity contribution in [3.63, 3.8) is 0 Å². The Bertz CT molecular complexity index is 3940. The Labute approximate surface area is 744 Å². The summed E-state index contributed by atoms with van der Waals surface area (Å²) in [5, 5.41) is 155. The molecule has 13 amide bonds. The van der Waals surface area contributed by atoms with Crippen LogP contribution >= 0.6 is 0 Å². The highest BCUT2D eigenvalue weighted by Crippen LogP contribution is 2.28. The first kappa shape index (κ1) is 109. The number of carbonyl (C=O) groups is 14. The molecule has 0 aromatic heterocycles. The highest BCUT2D eigenvalue weighted by atomic mass is 16.7. The van der Waals surface area contributed by atoms with Gasteiger partial charge in [-0.1, -0.05) is 0 Å². The number of amides is 13. The Morgan fingerprint density at radius 2 is 0.631 bits per heavy atom. The first-order valence-corrected chi connectivity index (χ1v) is 41.7. The summed E-state index contributed by atoms with van der Waals surface area (Å²) >= 11 is 0. The van der Waals surface area contributed by atoms with Crippen LogP contribution in [0.2, 0.25) is 0 Å². The summed E-state index contributed by atoms with van der Waals surface area (Å²) in [7, 11) is 0. The quantitative estimate of drug-likeness (QED) is 0.0274. The maximum absolute atomic E-state index is 13.9. The van der Waals surface area contributed by atoms with Crippen molar-refractivity contribution in [3.8, 4) is 0 Å². The van der Waals surface area contributed by atoms with Crippen LogP contribution in [0, 0.1) is 0 Å². The van der Waals surface area contributed by atoms with Crippen LogP contribution in [0.25, 0.3) is 0 Å². The van der Waals surface area contributed by atoms with E-state index in [0.717, 1.165) is 13.8 Å². The number of ether oxygens (including phenoxy) is 12. The van der Waals surface area contributed by atoms with E-state index in [0.29, 0.717) is 0 Å². The fraction of sp³-hybridized carbons (Fsp3) is 0.671. The zero-order chi connectivity index (χ0) is 95.7. The van der Waals surface area contributed by atoms with Crippen molar-refractivity contribution in [2.75, 3.05) is 156 Å². The Kier molecular flexibility index (Phi) is 47.7. The minimum absolute atomic E-state index is 0.0451. The van der Waals surface area contributed by atoms with Crippen molar-refractivity contribution in [2.45, 2.75) is 195 Å². The van der Waals surface area contributed by atoms with Gasteiger partial charge < -0.3 is 192 Å². The topological polar surface area (TPSA) is 749 Å². The number of rotatable bonds is 55. The molecule has 2 aromatic carbocycles. The van der Waals surface area contributed by atoms with Crippen molar-refractivity contribution >= 4 is 94.0 Å². The molecule has 0 radical (unpaired) electrons. The summed E-state index contributed by atoms with van der Waals surface area (Å²) in [5.74, 6) is -10.4. The molecule has 51 heteroatoms. The molecule has 730 valence electrons. The van der Waals surface area contributed by atoms with Gasteiger partial charge in [-0.15, -0.1) is 0 Å². The first-order valence-electron chi connectivity index (χ1n) is 41.7. The standard InChI is InChI=1S/C79H121N13O38/c1-39(97)7-9-56(103)92-50(75(118)85-34-58(105)91-49-31-46(73(116)82-13-19-121-22-25-125-78-61(88-42(4)100)69(112)65(108)53(37-95)129-78)28-47(32-49)74(117)83-14-20-122-23-26-126-79-62(89-43(5)101)70(113)66(109)54(38-96)130-79)8-10-55(102)84-33-57(104)90-48-29-44(71(114)80-11-17-119-15-6-16-123-76-59(86-40(2)98)67(110)63(106)51(35-93)127-76)27-45(30-48)72(115)81-12-18-120-21-24-124-77-60(87-41(3)99)68(111)64(107)52(36-94)128-77/h27-32,50-54,59-70,76-79,93-96,106-113H,6-26,33-38H2,1-5H3,(H,80,114)(H,81,115)(H,82,116)(H,83,117)(H,84,102)(H,85,118)(H,86,98)(H,87,99)(H,88,100)(H,89,101)(H,90,104)(H,91,105)(H,92,103)/t50-,51+,52+,53+,54+,59+,60+,61+,62+,63-,64-,65-,66-,67+,68+,69+,70+,76?,77?,78?,79?/m0/s1. The molecule has 4 heterocycles. The molecule has 4 saturated heterocycles. The molecule has 51 nitrogen and oxygen atoms in total. The number of ketones is 1. The summed E-state index contributed by atoms with van der Waals surface area (Å²) in [6.07, 6.45) is -24.1. The van der Waals surface area contributed by atoms with Crippen LogP contribution in [0.15, 0.2) is 36.4 Å². The maximum Gasteiger partial charge on any atom is 0.251 e. The molecular weight excluding hydrogens is 1740 g/mol. The highest BCUT2D eigenvalue weighted by molar-refractivity contribution is 6.05. The molecule has 4 fully saturated rings. The molecule has 4 aliphatic rings. The molecule has 4 unspecified atom stereocenters. The Morgan fingerprint density at radius 3 is 0.931 bits per heavy atom. The van der Waals surface area contributed by atoms with E-state index in [1.54, 1.807) is 0 Å². The largest absolute Gasteiger partial charge is 0.394 e. The van der Waals surface area contributed by atoms with Gasteiger partial charge in [0.25, 0.3) is 23.6 Å². The van der Waals surface area contributed by atoms with Crippen LogP contribution < -0.4 is 69.1 Å². The van der Waals surface area contributed by atoms with E-state index in [2.05, 4.69) is 69.1 Å². The Hall–Kier alpha value is -9.74. The number of aliphatic hydroxyl groups is 12. The average molecular weight is 1860 g/mol. The molecule has 21 atom stereocenters. The van der Waals surface area contributed by atoms with Crippen molar-refractivity contribution in [1.29, 1.82) is 0 Å². The fourth-order valence-corrected chi connectivity index (χ4v) is 13.2. The second-order valence-corrected chi connectivity index (χ2v) is 30.1. The highest BCUT2D eigenvalue weighted by Gasteiger charge is 2.49. The molecular formula is C79H121N13O38. The van der Waals surface area contributed by atoms with Crippen LogP contribution in [-0.4, -0.2) is 417 Å². The number of aliphatic hydroxyl groups excluding tert-OH is 12. The fourth-order valence-electron chi connectivity index (χ4n) is 13.2. The van der Waals surface area contributed by atoms with Gasteiger partial charge in [0.1, 0.15) is 109 Å². The minimum atomic E-state index is -1.58. The van der Waals surface area contributed by atoms with Gasteiger partial charge in [-0.25, -0.2) is 0 Å². The van der Waals surface area contributed by atoms with Gasteiger partial charge in [-0.2, -0.15) is 0 Å². The lowest BCUT2D eigenvalue weighted by Gasteiger charge is -2.42. The van der Waals surface area contributed by atoms with Crippen LogP contribution in [0.3, 0.4) is 0 Å². The third-order valence-corrected chi connectivity index (χ3v) is 19.7. The second-order valence-electron chi connectivity index (χ2n) is 30.1. The number of nitrogens with one attached hydrogen (secondary N) is 13. The SMILES string of the molecule is CC(=O)CCC(=O)N[C@@H](CCC(=O)NCC(=O)Nc1cc(C(=O)NCCOCCCOC2O[C@H](CO)[C@H](O)[C@H](O)[C@H]2NC(C)=O)cc(C(=O)NCCOCCOC2O[C@H](CO)[C@H](O)[C@H](O)[C@H]2NC(C)=O)c1)C(=O)NCC(=O)Nc1cc(C(=O)NCCOCCOC2O[C@H](CO)[C@H](O)[C@H](O)[C@H]2NC(C)=O)cc(C(=O)NCCOCCOC2O[C@H](CO)[C@H](O)[C@H](O)[C@H]2NC(C)=O)c1. The number of benzene rings is 2. The van der Waals surface area contributed by atoms with Gasteiger partial charge in [0, 0.05) is 113 Å². The van der Waals surface area contributed by atoms with Crippen LogP contribution in [0.1, 0.15) is 108 Å². The normalized spacial score (nSPS) is 25.5. The molecule has 130 heavy (non-hydrogen) atoms. The third-order valence-electron chi connectivity index (χ3n) is 19.7. The van der Waals surface area contributed by atoms with E-state index in [1.807, 2.05) is 0 Å². The smallest absolute Gasteiger partial charge is 0.251 e. The van der Waals surface area contributed by atoms with Crippen molar-refractivity contribution in [1.82, 2.24) is 58.5 Å². The number of hydrogen-bond donors (Lipinski definition) is 25. The van der Waals surface area contributed by atoms with E-state index in [1.165, 1.54) is 57.2 Å². The van der Waals surface area contributed by atoms with Gasteiger partial charge in [-0.05, 0) is 56.2 Å². The average Bonchev–Trinajstić information content (AvgIpc) is 0.816. The van der Waals surface area contributed by atoms with E-state index in [9.17, 15) is 128 Å². The number of hydrogen-bond acceptors (Lipinski definition) is 38. The van der Waals surface area contributed by atoms with Gasteiger partial charge >= 0.3 is 0 Å². The van der Waals surface area contributed by atoms with Crippen molar-refractivity contribution in [2.24, 2.45) is 0 Å². The predicted molar refractivity (Wildman–Crippen MR) is 440 cm³/mol. The first-order chi connectivity index (χ1) is 62.0. The van der Waals surface area contributed by atoms with Gasteiger partial charge in [0.05, 0.1) is 112 Å². The second kappa shape index (κ2) is 56.9. The molecule has 0 bridgehead atoms. The summed E-state index contributed by atoms with van der Waals surface area (Å²) in [6.45, 7) is -0.551. The summed E-state index contributed by atoms with van der Waals surface area (Å²) in [6, 6.07) is 0.700. The summed E-state index contributed by atoms with van der Waals surface area (Å²) < 4.78 is 67.2. The molecule has 6 rings (SSSR count). The lowest BCUT2D eigenvalue weighted by Crippen LogP contribution is -2.64. The van der Waals surface area contributed by atoms with Crippen molar-refractivity contribution < 1.29 is 185 Å². The molecule has 25 N–H and O–H groups in total. The number of anilines is 2. The zero-order valence-corrected chi connectivity index (χ0v) is 72.2. The molecule has 0 saturated carbocycles. The van der Waals surface area contributed by atoms with E-state index >= 15 is 0 Å². The van der Waals surface area contributed by atoms with E-state index < -0.39 is 264 Å². The van der Waals surface area contributed by atoms with Gasteiger partial charge in [-0.3, -0.25) is 62.3 Å². The molecule has 0 spiro atoms. The monoisotopic (exact) mass is 1860 g/mol. The third kappa shape index (κ3) is 36.4. The maximum atomic E-state index is 13.9. The lowest BCUT2D eigenvalue weighted by molar-refractivity contribution is -0.272. The predicted octanol–water partition coefficient (Wildman–Crippen LogP) is -11.7. The van der Waals surface area contributed by atoms with Gasteiger partial charge in [0.15, 0.2) is 25.2 Å². The van der Waals surface area contributed by atoms with Crippen LogP contribution in [0.4, 0.5) is 11.4 Å².